The Morgan fingerprint density at radius 2 is 1.92 bits per heavy atom. The van der Waals surface area contributed by atoms with Gasteiger partial charge in [-0.05, 0) is 44.2 Å². The van der Waals surface area contributed by atoms with Crippen molar-refractivity contribution in [1.82, 2.24) is 14.7 Å². The number of fused-ring (bicyclic) bond motifs is 1. The van der Waals surface area contributed by atoms with Crippen LogP contribution in [-0.4, -0.2) is 43.7 Å². The number of carbonyl (C=O) groups excluding carboxylic acids is 2. The molecule has 3 aromatic heterocycles. The zero-order chi connectivity index (χ0) is 26.0. The number of aromatic nitrogens is 3. The van der Waals surface area contributed by atoms with Gasteiger partial charge in [-0.25, -0.2) is 4.98 Å². The number of Topliss-reactive ketones (excluding diaryl/α,β-unsaturated/α-hetero) is 1. The Hall–Kier alpha value is -4.28. The molecule has 0 aliphatic rings. The first-order valence-corrected chi connectivity index (χ1v) is 12.4. The summed E-state index contributed by atoms with van der Waals surface area (Å²) in [6.45, 7) is 3.74. The van der Waals surface area contributed by atoms with Crippen LogP contribution >= 0.6 is 11.3 Å². The van der Waals surface area contributed by atoms with Crippen LogP contribution in [0.1, 0.15) is 33.9 Å². The summed E-state index contributed by atoms with van der Waals surface area (Å²) in [5.41, 5.74) is 2.47. The number of imidazole rings is 1. The first-order valence-electron chi connectivity index (χ1n) is 11.6. The van der Waals surface area contributed by atoms with Crippen LogP contribution in [0.15, 0.2) is 77.6 Å². The Labute approximate surface area is 216 Å². The van der Waals surface area contributed by atoms with Crippen LogP contribution < -0.4 is 10.6 Å². The van der Waals surface area contributed by atoms with E-state index in [2.05, 4.69) is 20.8 Å². The molecule has 0 bridgehead atoms. The maximum atomic E-state index is 13.1. The van der Waals surface area contributed by atoms with Crippen molar-refractivity contribution in [3.8, 4) is 10.4 Å². The van der Waals surface area contributed by atoms with E-state index in [9.17, 15) is 14.7 Å². The Morgan fingerprint density at radius 3 is 2.65 bits per heavy atom. The van der Waals surface area contributed by atoms with Gasteiger partial charge in [-0.1, -0.05) is 35.5 Å². The summed E-state index contributed by atoms with van der Waals surface area (Å²) in [4.78, 5) is 31.5. The van der Waals surface area contributed by atoms with Gasteiger partial charge in [0.1, 0.15) is 6.26 Å². The molecule has 0 saturated carbocycles. The standard InChI is InChI=1S/C27H25N5O4S/c1-27(2,35)16-32-21-9-8-19(28-14-22(33)17-6-4-3-5-7-17)12-20(21)30-26(32)31-25(34)24-11-10-23(37-24)18-13-29-36-15-18/h3-13,15,28,35H,14,16H2,1-2H3,(H,30,31,34). The van der Waals surface area contributed by atoms with E-state index in [-0.39, 0.29) is 24.8 Å². The Balaban J connectivity index is 1.39. The Morgan fingerprint density at radius 1 is 1.11 bits per heavy atom. The average molecular weight is 516 g/mol. The number of anilines is 2. The first-order chi connectivity index (χ1) is 17.8. The number of carbonyl (C=O) groups is 2. The van der Waals surface area contributed by atoms with Gasteiger partial charge < -0.3 is 19.5 Å². The third-order valence-corrected chi connectivity index (χ3v) is 6.75. The molecule has 2 aromatic carbocycles. The van der Waals surface area contributed by atoms with Gasteiger partial charge in [0.25, 0.3) is 5.91 Å². The second-order valence-corrected chi connectivity index (χ2v) is 10.3. The van der Waals surface area contributed by atoms with Crippen LogP contribution in [0.4, 0.5) is 11.6 Å². The van der Waals surface area contributed by atoms with E-state index in [1.807, 2.05) is 42.5 Å². The van der Waals surface area contributed by atoms with Crippen molar-refractivity contribution in [2.45, 2.75) is 26.0 Å². The summed E-state index contributed by atoms with van der Waals surface area (Å²) in [5.74, 6) is -0.0193. The van der Waals surface area contributed by atoms with E-state index in [1.165, 1.54) is 17.6 Å². The van der Waals surface area contributed by atoms with Crippen molar-refractivity contribution in [1.29, 1.82) is 0 Å². The molecular weight excluding hydrogens is 490 g/mol. The van der Waals surface area contributed by atoms with Gasteiger partial charge in [-0.15, -0.1) is 11.3 Å². The van der Waals surface area contributed by atoms with Crippen molar-refractivity contribution in [3.63, 3.8) is 0 Å². The molecule has 0 spiro atoms. The summed E-state index contributed by atoms with van der Waals surface area (Å²) >= 11 is 1.31. The summed E-state index contributed by atoms with van der Waals surface area (Å²) in [6, 6.07) is 18.2. The van der Waals surface area contributed by atoms with Crippen molar-refractivity contribution in [2.24, 2.45) is 0 Å². The molecule has 5 rings (SSSR count). The van der Waals surface area contributed by atoms with E-state index in [1.54, 1.807) is 42.8 Å². The molecule has 3 N–H and O–H groups in total. The minimum atomic E-state index is -1.05. The molecule has 0 aliphatic carbocycles. The molecule has 0 fully saturated rings. The number of amides is 1. The van der Waals surface area contributed by atoms with Crippen LogP contribution in [0.2, 0.25) is 0 Å². The van der Waals surface area contributed by atoms with Crippen molar-refractivity contribution in [3.05, 3.63) is 83.6 Å². The van der Waals surface area contributed by atoms with Crippen LogP contribution in [0.3, 0.4) is 0 Å². The van der Waals surface area contributed by atoms with Gasteiger partial charge in [-0.3, -0.25) is 14.9 Å². The molecule has 37 heavy (non-hydrogen) atoms. The fourth-order valence-corrected chi connectivity index (χ4v) is 4.77. The summed E-state index contributed by atoms with van der Waals surface area (Å²) in [5, 5.41) is 20.3. The number of nitrogens with one attached hydrogen (secondary N) is 2. The first kappa shape index (κ1) is 24.4. The second kappa shape index (κ2) is 10.00. The van der Waals surface area contributed by atoms with Crippen LogP contribution in [0.5, 0.6) is 0 Å². The normalized spacial score (nSPS) is 11.5. The number of ketones is 1. The third-order valence-electron chi connectivity index (χ3n) is 5.61. The van der Waals surface area contributed by atoms with Crippen molar-refractivity contribution in [2.75, 3.05) is 17.2 Å². The Bertz CT molecular complexity index is 1550. The highest BCUT2D eigenvalue weighted by atomic mass is 32.1. The highest BCUT2D eigenvalue weighted by molar-refractivity contribution is 7.17. The number of hydrogen-bond acceptors (Lipinski definition) is 8. The second-order valence-electron chi connectivity index (χ2n) is 9.21. The summed E-state index contributed by atoms with van der Waals surface area (Å²) < 4.78 is 6.67. The smallest absolute Gasteiger partial charge is 0.268 e. The van der Waals surface area contributed by atoms with Gasteiger partial charge in [0.2, 0.25) is 5.95 Å². The monoisotopic (exact) mass is 515 g/mol. The lowest BCUT2D eigenvalue weighted by molar-refractivity contribution is 0.0630. The number of hydrogen-bond donors (Lipinski definition) is 3. The lowest BCUT2D eigenvalue weighted by Crippen LogP contribution is -2.27. The van der Waals surface area contributed by atoms with E-state index in [4.69, 9.17) is 4.52 Å². The maximum Gasteiger partial charge on any atom is 0.268 e. The maximum absolute atomic E-state index is 13.1. The molecule has 1 amide bonds. The molecule has 0 unspecified atom stereocenters. The molecule has 0 aliphatic heterocycles. The number of rotatable bonds is 9. The lowest BCUT2D eigenvalue weighted by Gasteiger charge is -2.20. The van der Waals surface area contributed by atoms with Gasteiger partial charge in [-0.2, -0.15) is 0 Å². The minimum absolute atomic E-state index is 0.0253. The van der Waals surface area contributed by atoms with E-state index in [0.29, 0.717) is 21.9 Å². The number of nitrogens with zero attached hydrogens (tertiary/aromatic N) is 3. The molecule has 0 saturated heterocycles. The molecule has 9 nitrogen and oxygen atoms in total. The fraction of sp³-hybridized carbons (Fsp3) is 0.185. The number of thiophene rings is 1. The number of benzene rings is 2. The molecule has 5 aromatic rings. The van der Waals surface area contributed by atoms with Crippen LogP contribution in [0, 0.1) is 0 Å². The molecule has 0 atom stereocenters. The molecule has 0 radical (unpaired) electrons. The third kappa shape index (κ3) is 5.60. The van der Waals surface area contributed by atoms with Gasteiger partial charge in [0.05, 0.1) is 46.4 Å². The average Bonchev–Trinajstić information content (AvgIpc) is 3.63. The molecular formula is C27H25N5O4S. The van der Waals surface area contributed by atoms with Gasteiger partial charge in [0, 0.05) is 16.1 Å². The highest BCUT2D eigenvalue weighted by Crippen LogP contribution is 2.29. The van der Waals surface area contributed by atoms with Crippen LogP contribution in [0.25, 0.3) is 21.5 Å². The lowest BCUT2D eigenvalue weighted by atomic mass is 10.1. The van der Waals surface area contributed by atoms with Gasteiger partial charge in [0.15, 0.2) is 5.78 Å². The van der Waals surface area contributed by atoms with Crippen LogP contribution in [-0.2, 0) is 6.54 Å². The Kier molecular flexibility index (Phi) is 6.60. The van der Waals surface area contributed by atoms with E-state index >= 15 is 0 Å². The minimum Gasteiger partial charge on any atom is -0.389 e. The quantitative estimate of drug-likeness (QED) is 0.234. The fourth-order valence-electron chi connectivity index (χ4n) is 3.90. The van der Waals surface area contributed by atoms with E-state index < -0.39 is 5.60 Å². The predicted octanol–water partition coefficient (Wildman–Crippen LogP) is 5.07. The number of aliphatic hydroxyl groups is 1. The largest absolute Gasteiger partial charge is 0.389 e. The zero-order valence-electron chi connectivity index (χ0n) is 20.3. The van der Waals surface area contributed by atoms with Gasteiger partial charge >= 0.3 is 0 Å². The zero-order valence-corrected chi connectivity index (χ0v) is 21.1. The summed E-state index contributed by atoms with van der Waals surface area (Å²) in [7, 11) is 0. The predicted molar refractivity (Wildman–Crippen MR) is 143 cm³/mol. The molecule has 3 heterocycles. The van der Waals surface area contributed by atoms with E-state index in [0.717, 1.165) is 21.6 Å². The SMILES string of the molecule is CC(C)(O)Cn1c(NC(=O)c2ccc(-c3cnoc3)s2)nc2cc(NCC(=O)c3ccccc3)ccc21. The highest BCUT2D eigenvalue weighted by Gasteiger charge is 2.22. The van der Waals surface area contributed by atoms with Crippen molar-refractivity contribution >= 4 is 45.7 Å². The molecule has 188 valence electrons. The topological polar surface area (TPSA) is 122 Å². The molecule has 10 heteroatoms. The van der Waals surface area contributed by atoms with Crippen molar-refractivity contribution < 1.29 is 19.2 Å². The summed E-state index contributed by atoms with van der Waals surface area (Å²) in [6.07, 6.45) is 3.12.